The van der Waals surface area contributed by atoms with Crippen LogP contribution >= 0.6 is 0 Å². The number of nitrogens with zero attached hydrogens (tertiary/aromatic N) is 1. The van der Waals surface area contributed by atoms with Crippen LogP contribution in [0.1, 0.15) is 6.42 Å². The van der Waals surface area contributed by atoms with Crippen molar-refractivity contribution in [2.45, 2.75) is 11.3 Å². The average molecular weight is 335 g/mol. The first-order chi connectivity index (χ1) is 9.66. The lowest BCUT2D eigenvalue weighted by atomic mass is 10.3. The van der Waals surface area contributed by atoms with Crippen LogP contribution in [0, 0.1) is 0 Å². The van der Waals surface area contributed by atoms with Gasteiger partial charge in [-0.1, -0.05) is 0 Å². The molecule has 0 aliphatic carbocycles. The molecule has 0 fully saturated rings. The molecule has 0 aliphatic heterocycles. The molecule has 21 heavy (non-hydrogen) atoms. The Balaban J connectivity index is 2.75. The monoisotopic (exact) mass is 335 g/mol. The molecule has 9 heteroatoms. The summed E-state index contributed by atoms with van der Waals surface area (Å²) in [4.78, 5) is 0.146. The number of benzene rings is 1. The molecule has 7 nitrogen and oxygen atoms in total. The molecule has 0 saturated heterocycles. The van der Waals surface area contributed by atoms with E-state index < -0.39 is 20.0 Å². The Morgan fingerprint density at radius 1 is 1.10 bits per heavy atom. The lowest BCUT2D eigenvalue weighted by Crippen LogP contribution is -2.34. The zero-order chi connectivity index (χ0) is 16.1. The van der Waals surface area contributed by atoms with Crippen LogP contribution in [-0.2, 0) is 20.0 Å². The summed E-state index contributed by atoms with van der Waals surface area (Å²) < 4.78 is 50.4. The quantitative estimate of drug-likeness (QED) is 0.666. The highest BCUT2D eigenvalue weighted by Crippen LogP contribution is 2.15. The predicted octanol–water partition coefficient (Wildman–Crippen LogP) is 0.288. The molecule has 1 aromatic carbocycles. The molecule has 0 unspecified atom stereocenters. The second-order valence-electron chi connectivity index (χ2n) is 4.68. The molecule has 0 amide bonds. The molecule has 0 aliphatic rings. The summed E-state index contributed by atoms with van der Waals surface area (Å²) in [6.07, 6.45) is 1.79. The maximum absolute atomic E-state index is 12.1. The second kappa shape index (κ2) is 7.21. The van der Waals surface area contributed by atoms with Crippen LogP contribution in [0.15, 0.2) is 29.2 Å². The van der Waals surface area contributed by atoms with Crippen molar-refractivity contribution < 1.29 is 16.8 Å². The Kier molecular flexibility index (Phi) is 6.14. The van der Waals surface area contributed by atoms with Crippen molar-refractivity contribution in [2.75, 3.05) is 38.2 Å². The molecule has 0 spiro atoms. The van der Waals surface area contributed by atoms with E-state index in [9.17, 15) is 16.8 Å². The van der Waals surface area contributed by atoms with E-state index in [4.69, 9.17) is 0 Å². The number of hydrogen-bond acceptors (Lipinski definition) is 5. The van der Waals surface area contributed by atoms with Gasteiger partial charge in [-0.3, -0.25) is 4.72 Å². The minimum Gasteiger partial charge on any atom is -0.320 e. The highest BCUT2D eigenvalue weighted by Gasteiger charge is 2.17. The normalized spacial score (nSPS) is 12.6. The van der Waals surface area contributed by atoms with E-state index in [0.29, 0.717) is 18.7 Å². The van der Waals surface area contributed by atoms with Crippen LogP contribution in [0.4, 0.5) is 5.69 Å². The lowest BCUT2D eigenvalue weighted by molar-refractivity contribution is 0.462. The first kappa shape index (κ1) is 17.9. The molecule has 120 valence electrons. The van der Waals surface area contributed by atoms with Crippen molar-refractivity contribution in [3.63, 3.8) is 0 Å². The van der Waals surface area contributed by atoms with Crippen LogP contribution in [0.5, 0.6) is 0 Å². The third kappa shape index (κ3) is 5.62. The van der Waals surface area contributed by atoms with Crippen LogP contribution in [0.2, 0.25) is 0 Å². The SMILES string of the molecule is CNCCCN(C)S(=O)(=O)Nc1ccc(S(C)(=O)=O)cc1. The van der Waals surface area contributed by atoms with Gasteiger partial charge in [0.2, 0.25) is 0 Å². The smallest absolute Gasteiger partial charge is 0.301 e. The Labute approximate surface area is 126 Å². The first-order valence-electron chi connectivity index (χ1n) is 6.35. The molecular weight excluding hydrogens is 314 g/mol. The summed E-state index contributed by atoms with van der Waals surface area (Å²) in [7, 11) is -3.63. The number of nitrogens with one attached hydrogen (secondary N) is 2. The van der Waals surface area contributed by atoms with E-state index in [2.05, 4.69) is 10.0 Å². The van der Waals surface area contributed by atoms with E-state index in [1.807, 2.05) is 0 Å². The number of rotatable bonds is 8. The average Bonchev–Trinajstić information content (AvgIpc) is 2.38. The van der Waals surface area contributed by atoms with E-state index in [-0.39, 0.29) is 4.90 Å². The van der Waals surface area contributed by atoms with Crippen molar-refractivity contribution in [2.24, 2.45) is 0 Å². The van der Waals surface area contributed by atoms with Gasteiger partial charge in [0.15, 0.2) is 9.84 Å². The standard InChI is InChI=1S/C12H21N3O4S2/c1-13-9-4-10-15(2)21(18,19)14-11-5-7-12(8-6-11)20(3,16)17/h5-8,13-14H,4,9-10H2,1-3H3. The Bertz CT molecular complexity index is 654. The van der Waals surface area contributed by atoms with Gasteiger partial charge in [0.25, 0.3) is 0 Å². The number of anilines is 1. The van der Waals surface area contributed by atoms with E-state index in [1.165, 1.54) is 35.6 Å². The molecule has 1 aromatic rings. The number of sulfone groups is 1. The van der Waals surface area contributed by atoms with Gasteiger partial charge in [-0.25, -0.2) is 8.42 Å². The zero-order valence-electron chi connectivity index (χ0n) is 12.3. The Morgan fingerprint density at radius 3 is 2.14 bits per heavy atom. The summed E-state index contributed by atoms with van der Waals surface area (Å²) in [5.74, 6) is 0. The van der Waals surface area contributed by atoms with E-state index >= 15 is 0 Å². The molecule has 0 bridgehead atoms. The van der Waals surface area contributed by atoms with Crippen molar-refractivity contribution in [3.8, 4) is 0 Å². The third-order valence-electron chi connectivity index (χ3n) is 2.84. The molecule has 0 aromatic heterocycles. The van der Waals surface area contributed by atoms with Gasteiger partial charge in [0.1, 0.15) is 0 Å². The van der Waals surface area contributed by atoms with Gasteiger partial charge in [0, 0.05) is 25.5 Å². The summed E-state index contributed by atoms with van der Waals surface area (Å²) in [5.41, 5.74) is 0.322. The predicted molar refractivity (Wildman–Crippen MR) is 83.3 cm³/mol. The van der Waals surface area contributed by atoms with Crippen molar-refractivity contribution in [1.82, 2.24) is 9.62 Å². The van der Waals surface area contributed by atoms with Gasteiger partial charge in [0.05, 0.1) is 4.90 Å². The van der Waals surface area contributed by atoms with E-state index in [0.717, 1.165) is 12.8 Å². The summed E-state index contributed by atoms with van der Waals surface area (Å²) in [5, 5.41) is 2.95. The van der Waals surface area contributed by atoms with E-state index in [1.54, 1.807) is 7.05 Å². The van der Waals surface area contributed by atoms with Crippen LogP contribution < -0.4 is 10.0 Å². The van der Waals surface area contributed by atoms with Crippen molar-refractivity contribution in [1.29, 1.82) is 0 Å². The first-order valence-corrected chi connectivity index (χ1v) is 9.69. The van der Waals surface area contributed by atoms with Gasteiger partial charge >= 0.3 is 10.2 Å². The second-order valence-corrected chi connectivity index (χ2v) is 8.48. The van der Waals surface area contributed by atoms with Crippen molar-refractivity contribution >= 4 is 25.7 Å². The van der Waals surface area contributed by atoms with Gasteiger partial charge < -0.3 is 5.32 Å². The van der Waals surface area contributed by atoms with Crippen LogP contribution in [0.25, 0.3) is 0 Å². The molecule has 0 heterocycles. The summed E-state index contributed by atoms with van der Waals surface area (Å²) in [6, 6.07) is 5.59. The maximum atomic E-state index is 12.1. The third-order valence-corrected chi connectivity index (χ3v) is 5.46. The van der Waals surface area contributed by atoms with Gasteiger partial charge in [-0.15, -0.1) is 0 Å². The molecule has 0 atom stereocenters. The minimum atomic E-state index is -3.64. The fourth-order valence-electron chi connectivity index (χ4n) is 1.60. The fraction of sp³-hybridized carbons (Fsp3) is 0.500. The molecule has 0 saturated carbocycles. The topological polar surface area (TPSA) is 95.6 Å². The summed E-state index contributed by atoms with van der Waals surface area (Å²) in [6.45, 7) is 1.11. The summed E-state index contributed by atoms with van der Waals surface area (Å²) >= 11 is 0. The highest BCUT2D eigenvalue weighted by molar-refractivity contribution is 7.90. The van der Waals surface area contributed by atoms with Gasteiger partial charge in [-0.05, 0) is 44.3 Å². The Morgan fingerprint density at radius 2 is 1.67 bits per heavy atom. The largest absolute Gasteiger partial charge is 0.320 e. The lowest BCUT2D eigenvalue weighted by Gasteiger charge is -2.18. The molecule has 1 rings (SSSR count). The molecule has 0 radical (unpaired) electrons. The van der Waals surface area contributed by atoms with Crippen LogP contribution in [0.3, 0.4) is 0 Å². The number of hydrogen-bond donors (Lipinski definition) is 2. The van der Waals surface area contributed by atoms with Crippen molar-refractivity contribution in [3.05, 3.63) is 24.3 Å². The highest BCUT2D eigenvalue weighted by atomic mass is 32.2. The zero-order valence-corrected chi connectivity index (χ0v) is 14.0. The van der Waals surface area contributed by atoms with Crippen LogP contribution in [-0.4, -0.2) is 54.6 Å². The Hall–Kier alpha value is -1.16. The molecule has 2 N–H and O–H groups in total. The maximum Gasteiger partial charge on any atom is 0.301 e. The minimum absolute atomic E-state index is 0.146. The fourth-order valence-corrected chi connectivity index (χ4v) is 3.19. The molecular formula is C12H21N3O4S2. The van der Waals surface area contributed by atoms with Gasteiger partial charge in [-0.2, -0.15) is 12.7 Å².